The minimum absolute atomic E-state index is 0.0692. The first-order valence-corrected chi connectivity index (χ1v) is 13.1. The molecule has 9 heteroatoms. The molecule has 0 N–H and O–H groups in total. The van der Waals surface area contributed by atoms with Crippen molar-refractivity contribution in [2.45, 2.75) is 24.2 Å². The fourth-order valence-electron chi connectivity index (χ4n) is 4.20. The average molecular weight is 509 g/mol. The van der Waals surface area contributed by atoms with Gasteiger partial charge >= 0.3 is 0 Å². The van der Waals surface area contributed by atoms with Crippen molar-refractivity contribution < 1.29 is 23.4 Å². The molecule has 0 saturated carbocycles. The maximum atomic E-state index is 12.9. The molecule has 3 aromatic rings. The van der Waals surface area contributed by atoms with E-state index < -0.39 is 6.10 Å². The summed E-state index contributed by atoms with van der Waals surface area (Å²) in [5, 5.41) is 0. The molecule has 1 aromatic heterocycles. The zero-order valence-corrected chi connectivity index (χ0v) is 20.9. The highest BCUT2D eigenvalue weighted by atomic mass is 32.2. The summed E-state index contributed by atoms with van der Waals surface area (Å²) in [5.74, 6) is 1.95. The number of ether oxygens (including phenoxy) is 3. The Morgan fingerprint density at radius 3 is 2.53 bits per heavy atom. The molecule has 5 rings (SSSR count). The molecule has 0 unspecified atom stereocenters. The lowest BCUT2D eigenvalue weighted by atomic mass is 10.2. The first-order chi connectivity index (χ1) is 17.6. The molecule has 188 valence electrons. The molecule has 0 radical (unpaired) electrons. The number of benzene rings is 2. The Kier molecular flexibility index (Phi) is 7.48. The van der Waals surface area contributed by atoms with Gasteiger partial charge in [0.15, 0.2) is 11.5 Å². The van der Waals surface area contributed by atoms with E-state index in [4.69, 9.17) is 18.6 Å². The standard InChI is InChI=1S/C27H28N2O6S/c1-36-21-8-6-19(7-9-21)16-33-25-17-32-20(14-22(25)30)15-28-10-12-29(13-11-28)27(31)26-18-34-23-4-2-3-5-24(23)35-26/h2-9,14,17,26H,10-13,15-16,18H2,1H3/t26-/m1/s1. The summed E-state index contributed by atoms with van der Waals surface area (Å²) >= 11 is 1.68. The van der Waals surface area contributed by atoms with E-state index in [9.17, 15) is 9.59 Å². The molecule has 1 atom stereocenters. The van der Waals surface area contributed by atoms with E-state index in [1.807, 2.05) is 48.7 Å². The van der Waals surface area contributed by atoms with E-state index in [1.165, 1.54) is 17.2 Å². The predicted octanol–water partition coefficient (Wildman–Crippen LogP) is 3.42. The quantitative estimate of drug-likeness (QED) is 0.449. The number of hydrogen-bond donors (Lipinski definition) is 0. The van der Waals surface area contributed by atoms with Crippen molar-refractivity contribution in [3.63, 3.8) is 0 Å². The number of hydrogen-bond acceptors (Lipinski definition) is 8. The summed E-state index contributed by atoms with van der Waals surface area (Å²) in [6.45, 7) is 3.48. The van der Waals surface area contributed by atoms with Gasteiger partial charge in [0.25, 0.3) is 5.91 Å². The normalized spacial score (nSPS) is 17.6. The van der Waals surface area contributed by atoms with Gasteiger partial charge < -0.3 is 23.5 Å². The molecule has 1 fully saturated rings. The second-order valence-corrected chi connectivity index (χ2v) is 9.56. The molecular weight excluding hydrogens is 480 g/mol. The number of amides is 1. The number of nitrogens with zero attached hydrogens (tertiary/aromatic N) is 2. The second-order valence-electron chi connectivity index (χ2n) is 8.68. The molecule has 2 aromatic carbocycles. The molecule has 2 aliphatic heterocycles. The van der Waals surface area contributed by atoms with Crippen molar-refractivity contribution in [1.29, 1.82) is 0 Å². The van der Waals surface area contributed by atoms with Gasteiger partial charge in [-0.2, -0.15) is 0 Å². The fourth-order valence-corrected chi connectivity index (χ4v) is 4.61. The van der Waals surface area contributed by atoms with Crippen molar-refractivity contribution in [1.82, 2.24) is 9.80 Å². The molecular formula is C27H28N2O6S. The van der Waals surface area contributed by atoms with Crippen LogP contribution in [0.25, 0.3) is 0 Å². The van der Waals surface area contributed by atoms with Crippen LogP contribution in [0.2, 0.25) is 0 Å². The molecule has 3 heterocycles. The predicted molar refractivity (Wildman–Crippen MR) is 136 cm³/mol. The summed E-state index contributed by atoms with van der Waals surface area (Å²) in [5.41, 5.74) is 0.776. The number of carbonyl (C=O) groups excluding carboxylic acids is 1. The van der Waals surface area contributed by atoms with Gasteiger partial charge in [0.05, 0.1) is 6.54 Å². The molecule has 36 heavy (non-hydrogen) atoms. The third-order valence-electron chi connectivity index (χ3n) is 6.25. The molecule has 2 aliphatic rings. The first-order valence-electron chi connectivity index (χ1n) is 11.9. The number of para-hydroxylation sites is 2. The van der Waals surface area contributed by atoms with Crippen LogP contribution in [0.5, 0.6) is 17.2 Å². The minimum Gasteiger partial charge on any atom is -0.485 e. The average Bonchev–Trinajstić information content (AvgIpc) is 2.92. The topological polar surface area (TPSA) is 81.5 Å². The van der Waals surface area contributed by atoms with E-state index in [0.717, 1.165) is 5.56 Å². The van der Waals surface area contributed by atoms with Crippen LogP contribution in [0.3, 0.4) is 0 Å². The Morgan fingerprint density at radius 2 is 1.81 bits per heavy atom. The Balaban J connectivity index is 1.10. The fraction of sp³-hybridized carbons (Fsp3) is 0.333. The Bertz CT molecular complexity index is 1250. The number of thioether (sulfide) groups is 1. The van der Waals surface area contributed by atoms with Gasteiger partial charge in [0, 0.05) is 37.1 Å². The number of carbonyl (C=O) groups is 1. The molecule has 0 bridgehead atoms. The van der Waals surface area contributed by atoms with Crippen LogP contribution >= 0.6 is 11.8 Å². The van der Waals surface area contributed by atoms with Crippen molar-refractivity contribution in [2.75, 3.05) is 39.0 Å². The third-order valence-corrected chi connectivity index (χ3v) is 7.00. The van der Waals surface area contributed by atoms with Crippen LogP contribution in [-0.2, 0) is 17.9 Å². The highest BCUT2D eigenvalue weighted by Gasteiger charge is 2.32. The van der Waals surface area contributed by atoms with Crippen molar-refractivity contribution >= 4 is 17.7 Å². The monoisotopic (exact) mass is 508 g/mol. The first kappa shape index (κ1) is 24.3. The van der Waals surface area contributed by atoms with E-state index in [1.54, 1.807) is 22.7 Å². The summed E-state index contributed by atoms with van der Waals surface area (Å²) in [6.07, 6.45) is 2.77. The molecule has 1 amide bonds. The van der Waals surface area contributed by atoms with Gasteiger partial charge in [-0.25, -0.2) is 0 Å². The molecule has 1 saturated heterocycles. The zero-order chi connectivity index (χ0) is 24.9. The highest BCUT2D eigenvalue weighted by Crippen LogP contribution is 2.31. The van der Waals surface area contributed by atoms with Crippen LogP contribution in [0, 0.1) is 0 Å². The van der Waals surface area contributed by atoms with Crippen molar-refractivity contribution in [3.05, 3.63) is 82.4 Å². The minimum atomic E-state index is -0.638. The molecule has 0 spiro atoms. The van der Waals surface area contributed by atoms with Gasteiger partial charge in [-0.3, -0.25) is 14.5 Å². The van der Waals surface area contributed by atoms with Crippen LogP contribution in [0.4, 0.5) is 0 Å². The maximum absolute atomic E-state index is 12.9. The Morgan fingerprint density at radius 1 is 1.06 bits per heavy atom. The van der Waals surface area contributed by atoms with E-state index in [2.05, 4.69) is 4.90 Å². The number of rotatable bonds is 7. The van der Waals surface area contributed by atoms with Crippen molar-refractivity contribution in [3.8, 4) is 17.2 Å². The summed E-state index contributed by atoms with van der Waals surface area (Å²) < 4.78 is 22.9. The largest absolute Gasteiger partial charge is 0.485 e. The molecule has 8 nitrogen and oxygen atoms in total. The summed E-state index contributed by atoms with van der Waals surface area (Å²) in [4.78, 5) is 30.6. The lowest BCUT2D eigenvalue weighted by Gasteiger charge is -2.36. The summed E-state index contributed by atoms with van der Waals surface area (Å²) in [6, 6.07) is 16.9. The van der Waals surface area contributed by atoms with Crippen LogP contribution in [0.1, 0.15) is 11.3 Å². The number of piperazine rings is 1. The van der Waals surface area contributed by atoms with Crippen LogP contribution < -0.4 is 19.6 Å². The van der Waals surface area contributed by atoms with Crippen LogP contribution in [-0.4, -0.2) is 60.9 Å². The Hall–Kier alpha value is -3.43. The van der Waals surface area contributed by atoms with Gasteiger partial charge in [0.2, 0.25) is 17.3 Å². The lowest BCUT2D eigenvalue weighted by Crippen LogP contribution is -2.53. The van der Waals surface area contributed by atoms with Gasteiger partial charge in [-0.1, -0.05) is 24.3 Å². The van der Waals surface area contributed by atoms with Gasteiger partial charge in [-0.05, 0) is 36.1 Å². The number of fused-ring (bicyclic) bond motifs is 1. The maximum Gasteiger partial charge on any atom is 0.267 e. The molecule has 0 aliphatic carbocycles. The van der Waals surface area contributed by atoms with E-state index in [-0.39, 0.29) is 23.7 Å². The smallest absolute Gasteiger partial charge is 0.267 e. The van der Waals surface area contributed by atoms with Crippen LogP contribution in [0.15, 0.2) is 75.0 Å². The van der Waals surface area contributed by atoms with Crippen molar-refractivity contribution in [2.24, 2.45) is 0 Å². The zero-order valence-electron chi connectivity index (χ0n) is 20.1. The van der Waals surface area contributed by atoms with Gasteiger partial charge in [0.1, 0.15) is 25.2 Å². The SMILES string of the molecule is CSc1ccc(COc2coc(CN3CCN(C(=O)[C@H]4COc5ccccc5O4)CC3)cc2=O)cc1. The second kappa shape index (κ2) is 11.1. The summed E-state index contributed by atoms with van der Waals surface area (Å²) in [7, 11) is 0. The lowest BCUT2D eigenvalue weighted by molar-refractivity contribution is -0.143. The highest BCUT2D eigenvalue weighted by molar-refractivity contribution is 7.98. The Labute approximate surface area is 213 Å². The van der Waals surface area contributed by atoms with E-state index >= 15 is 0 Å². The van der Waals surface area contributed by atoms with Gasteiger partial charge in [-0.15, -0.1) is 11.8 Å². The third kappa shape index (κ3) is 5.68. The van der Waals surface area contributed by atoms with E-state index in [0.29, 0.717) is 56.6 Å².